The summed E-state index contributed by atoms with van der Waals surface area (Å²) in [7, 11) is 1.85. The second-order valence-corrected chi connectivity index (χ2v) is 10.2. The first kappa shape index (κ1) is 24.8. The van der Waals surface area contributed by atoms with E-state index >= 15 is 0 Å². The molecule has 2 atom stereocenters. The van der Waals surface area contributed by atoms with E-state index in [-0.39, 0.29) is 16.9 Å². The predicted molar refractivity (Wildman–Crippen MR) is 131 cm³/mol. The highest BCUT2D eigenvalue weighted by atomic mass is 16.5. The zero-order valence-electron chi connectivity index (χ0n) is 20.7. The van der Waals surface area contributed by atoms with Crippen molar-refractivity contribution in [2.24, 2.45) is 16.3 Å². The molecule has 2 heterocycles. The zero-order valence-corrected chi connectivity index (χ0v) is 20.7. The maximum absolute atomic E-state index is 6.15. The Morgan fingerprint density at radius 3 is 2.47 bits per heavy atom. The second-order valence-electron chi connectivity index (χ2n) is 10.2. The molecule has 1 aromatic rings. The van der Waals surface area contributed by atoms with Gasteiger partial charge in [-0.3, -0.25) is 4.99 Å². The Morgan fingerprint density at radius 1 is 1.12 bits per heavy atom. The molecule has 3 rings (SSSR count). The van der Waals surface area contributed by atoms with Crippen LogP contribution in [0, 0.1) is 11.3 Å². The van der Waals surface area contributed by atoms with Gasteiger partial charge in [-0.2, -0.15) is 0 Å². The number of aliphatic imine (C=N–C) groups is 1. The first-order valence-electron chi connectivity index (χ1n) is 12.3. The van der Waals surface area contributed by atoms with E-state index < -0.39 is 0 Å². The van der Waals surface area contributed by atoms with Crippen LogP contribution in [-0.4, -0.2) is 58.6 Å². The van der Waals surface area contributed by atoms with Gasteiger partial charge in [0.2, 0.25) is 0 Å². The van der Waals surface area contributed by atoms with E-state index in [0.29, 0.717) is 12.5 Å². The highest BCUT2D eigenvalue weighted by Gasteiger charge is 2.36. The van der Waals surface area contributed by atoms with Crippen LogP contribution in [0.3, 0.4) is 0 Å². The van der Waals surface area contributed by atoms with Gasteiger partial charge in [0.1, 0.15) is 5.75 Å². The number of hydrogen-bond donors (Lipinski definition) is 2. The van der Waals surface area contributed by atoms with Gasteiger partial charge in [-0.1, -0.05) is 32.9 Å². The molecule has 2 fully saturated rings. The molecule has 0 bridgehead atoms. The van der Waals surface area contributed by atoms with Crippen molar-refractivity contribution in [1.82, 2.24) is 10.6 Å². The first-order valence-corrected chi connectivity index (χ1v) is 12.3. The quantitative estimate of drug-likeness (QED) is 0.488. The third kappa shape index (κ3) is 6.38. The Bertz CT molecular complexity index is 721. The molecule has 2 unspecified atom stereocenters. The van der Waals surface area contributed by atoms with Crippen LogP contribution < -0.4 is 15.4 Å². The lowest BCUT2D eigenvalue weighted by Gasteiger charge is -2.41. The van der Waals surface area contributed by atoms with E-state index in [1.807, 2.05) is 14.0 Å². The van der Waals surface area contributed by atoms with Gasteiger partial charge in [0.05, 0.1) is 12.7 Å². The second kappa shape index (κ2) is 11.4. The highest BCUT2D eigenvalue weighted by Crippen LogP contribution is 2.36. The molecule has 0 amide bonds. The largest absolute Gasteiger partial charge is 0.494 e. The molecule has 0 radical (unpaired) electrons. The topological polar surface area (TPSA) is 64.1 Å². The summed E-state index contributed by atoms with van der Waals surface area (Å²) < 4.78 is 17.5. The van der Waals surface area contributed by atoms with Gasteiger partial charge in [-0.25, -0.2) is 0 Å². The molecule has 1 aromatic carbocycles. The van der Waals surface area contributed by atoms with Gasteiger partial charge in [-0.05, 0) is 55.7 Å². The summed E-state index contributed by atoms with van der Waals surface area (Å²) in [5, 5.41) is 7.21. The average Bonchev–Trinajstić information content (AvgIpc) is 2.80. The number of rotatable bonds is 7. The third-order valence-corrected chi connectivity index (χ3v) is 6.88. The number of benzene rings is 1. The van der Waals surface area contributed by atoms with Crippen LogP contribution in [-0.2, 0) is 14.9 Å². The standard InChI is InChI=1S/C26H43N3O3/c1-6-31-22-11-9-21(10-12-22)26(13-16-30-17-14-26)19-29-24(27-5)28-18-20-8-7-15-32-23(20)25(2,3)4/h9-12,20,23H,6-8,13-19H2,1-5H3,(H2,27,28,29). The van der Waals surface area contributed by atoms with Crippen molar-refractivity contribution < 1.29 is 14.2 Å². The molecule has 2 N–H and O–H groups in total. The lowest BCUT2D eigenvalue weighted by atomic mass is 9.74. The van der Waals surface area contributed by atoms with E-state index in [1.54, 1.807) is 0 Å². The number of hydrogen-bond acceptors (Lipinski definition) is 4. The molecule has 0 saturated carbocycles. The van der Waals surface area contributed by atoms with E-state index in [0.717, 1.165) is 63.9 Å². The molecule has 0 aromatic heterocycles. The first-order chi connectivity index (χ1) is 15.4. The summed E-state index contributed by atoms with van der Waals surface area (Å²) in [6.45, 7) is 13.7. The Kier molecular flexibility index (Phi) is 8.83. The molecule has 0 spiro atoms. The van der Waals surface area contributed by atoms with Crippen molar-refractivity contribution in [3.05, 3.63) is 29.8 Å². The van der Waals surface area contributed by atoms with Crippen LogP contribution >= 0.6 is 0 Å². The van der Waals surface area contributed by atoms with Gasteiger partial charge in [-0.15, -0.1) is 0 Å². The van der Waals surface area contributed by atoms with Crippen LogP contribution in [0.5, 0.6) is 5.75 Å². The van der Waals surface area contributed by atoms with Gasteiger partial charge in [0, 0.05) is 51.3 Å². The fourth-order valence-electron chi connectivity index (χ4n) is 5.11. The van der Waals surface area contributed by atoms with Crippen molar-refractivity contribution in [2.45, 2.75) is 64.9 Å². The Hall–Kier alpha value is -1.79. The summed E-state index contributed by atoms with van der Waals surface area (Å²) >= 11 is 0. The van der Waals surface area contributed by atoms with Gasteiger partial charge >= 0.3 is 0 Å². The number of ether oxygens (including phenoxy) is 3. The van der Waals surface area contributed by atoms with Crippen LogP contribution in [0.15, 0.2) is 29.3 Å². The molecule has 6 nitrogen and oxygen atoms in total. The molecule has 2 aliphatic rings. The van der Waals surface area contributed by atoms with Gasteiger partial charge in [0.25, 0.3) is 0 Å². The van der Waals surface area contributed by atoms with Gasteiger partial charge < -0.3 is 24.8 Å². The fraction of sp³-hybridized carbons (Fsp3) is 0.731. The molecular formula is C26H43N3O3. The SMILES string of the molecule is CCOc1ccc(C2(CNC(=NC)NCC3CCCOC3C(C)(C)C)CCOCC2)cc1. The lowest BCUT2D eigenvalue weighted by molar-refractivity contribution is -0.0835. The van der Waals surface area contributed by atoms with Crippen molar-refractivity contribution in [3.8, 4) is 5.75 Å². The monoisotopic (exact) mass is 445 g/mol. The van der Waals surface area contributed by atoms with E-state index in [2.05, 4.69) is 60.7 Å². The molecule has 180 valence electrons. The maximum atomic E-state index is 6.15. The number of nitrogens with zero attached hydrogens (tertiary/aromatic N) is 1. The van der Waals surface area contributed by atoms with E-state index in [1.165, 1.54) is 12.0 Å². The molecular weight excluding hydrogens is 402 g/mol. The van der Waals surface area contributed by atoms with Gasteiger partial charge in [0.15, 0.2) is 5.96 Å². The minimum atomic E-state index is 0.0303. The van der Waals surface area contributed by atoms with Crippen molar-refractivity contribution in [1.29, 1.82) is 0 Å². The minimum absolute atomic E-state index is 0.0303. The minimum Gasteiger partial charge on any atom is -0.494 e. The van der Waals surface area contributed by atoms with Crippen molar-refractivity contribution >= 4 is 5.96 Å². The number of nitrogens with one attached hydrogen (secondary N) is 2. The molecule has 2 aliphatic heterocycles. The fourth-order valence-corrected chi connectivity index (χ4v) is 5.11. The Balaban J connectivity index is 1.63. The van der Waals surface area contributed by atoms with E-state index in [4.69, 9.17) is 14.2 Å². The molecule has 6 heteroatoms. The predicted octanol–water partition coefficient (Wildman–Crippen LogP) is 4.14. The lowest BCUT2D eigenvalue weighted by Crippen LogP contribution is -2.50. The molecule has 2 saturated heterocycles. The molecule has 32 heavy (non-hydrogen) atoms. The smallest absolute Gasteiger partial charge is 0.191 e. The summed E-state index contributed by atoms with van der Waals surface area (Å²) in [5.41, 5.74) is 1.51. The summed E-state index contributed by atoms with van der Waals surface area (Å²) in [6.07, 6.45) is 4.58. The normalized spacial score (nSPS) is 24.1. The van der Waals surface area contributed by atoms with Crippen molar-refractivity contribution in [3.63, 3.8) is 0 Å². The van der Waals surface area contributed by atoms with Crippen LogP contribution in [0.1, 0.15) is 58.9 Å². The summed E-state index contributed by atoms with van der Waals surface area (Å²) in [5.74, 6) is 2.28. The van der Waals surface area contributed by atoms with E-state index in [9.17, 15) is 0 Å². The van der Waals surface area contributed by atoms with Crippen molar-refractivity contribution in [2.75, 3.05) is 46.6 Å². The van der Waals surface area contributed by atoms with Crippen LogP contribution in [0.4, 0.5) is 0 Å². The third-order valence-electron chi connectivity index (χ3n) is 6.88. The maximum Gasteiger partial charge on any atom is 0.191 e. The summed E-state index contributed by atoms with van der Waals surface area (Å²) in [4.78, 5) is 4.51. The average molecular weight is 446 g/mol. The number of guanidine groups is 1. The summed E-state index contributed by atoms with van der Waals surface area (Å²) in [6, 6.07) is 8.58. The Labute approximate surface area is 194 Å². The molecule has 0 aliphatic carbocycles. The Morgan fingerprint density at radius 2 is 1.84 bits per heavy atom. The van der Waals surface area contributed by atoms with Crippen LogP contribution in [0.25, 0.3) is 0 Å². The zero-order chi connectivity index (χ0) is 23.0. The van der Waals surface area contributed by atoms with Crippen LogP contribution in [0.2, 0.25) is 0 Å². The highest BCUT2D eigenvalue weighted by molar-refractivity contribution is 5.79.